The number of nitrogens with zero attached hydrogens (tertiary/aromatic N) is 1. The number of morpholine rings is 1. The molecular formula is C10H20N2O3. The number of hydrogen-bond acceptors (Lipinski definition) is 4. The van der Waals surface area contributed by atoms with Crippen LogP contribution >= 0.6 is 0 Å². The third-order valence-electron chi connectivity index (χ3n) is 2.58. The molecule has 0 radical (unpaired) electrons. The molecule has 0 aromatic heterocycles. The van der Waals surface area contributed by atoms with Crippen LogP contribution in [0.4, 0.5) is 0 Å². The van der Waals surface area contributed by atoms with Gasteiger partial charge in [-0.2, -0.15) is 0 Å². The summed E-state index contributed by atoms with van der Waals surface area (Å²) in [5.74, 6) is 0.118. The largest absolute Gasteiger partial charge is 0.394 e. The first kappa shape index (κ1) is 12.4. The van der Waals surface area contributed by atoms with Crippen LogP contribution in [0.1, 0.15) is 12.8 Å². The topological polar surface area (TPSA) is 61.8 Å². The van der Waals surface area contributed by atoms with Crippen molar-refractivity contribution >= 4 is 5.91 Å². The Kier molecular flexibility index (Phi) is 5.60. The smallest absolute Gasteiger partial charge is 0.223 e. The summed E-state index contributed by atoms with van der Waals surface area (Å²) in [6.07, 6.45) is 1.38. The molecule has 1 saturated heterocycles. The number of aliphatic hydroxyl groups is 1. The van der Waals surface area contributed by atoms with Gasteiger partial charge in [0.1, 0.15) is 0 Å². The molecule has 0 aliphatic carbocycles. The molecule has 1 aliphatic heterocycles. The fraction of sp³-hybridized carbons (Fsp3) is 0.900. The Labute approximate surface area is 90.4 Å². The standard InChI is InChI=1S/C10H20N2O3/c1-11-4-2-3-10(14)12-5-6-15-8-9(12)7-13/h9,11,13H,2-8H2,1H3. The van der Waals surface area contributed by atoms with Crippen molar-refractivity contribution in [3.63, 3.8) is 0 Å². The van der Waals surface area contributed by atoms with Gasteiger partial charge >= 0.3 is 0 Å². The monoisotopic (exact) mass is 216 g/mol. The Morgan fingerprint density at radius 1 is 1.67 bits per heavy atom. The number of amides is 1. The van der Waals surface area contributed by atoms with Crippen LogP contribution in [0.25, 0.3) is 0 Å². The van der Waals surface area contributed by atoms with Gasteiger partial charge in [0.05, 0.1) is 25.9 Å². The predicted octanol–water partition coefficient (Wildman–Crippen LogP) is -0.794. The van der Waals surface area contributed by atoms with Crippen LogP contribution in [0.2, 0.25) is 0 Å². The molecule has 2 N–H and O–H groups in total. The third kappa shape index (κ3) is 3.77. The molecule has 1 fully saturated rings. The fourth-order valence-electron chi connectivity index (χ4n) is 1.69. The third-order valence-corrected chi connectivity index (χ3v) is 2.58. The first-order valence-electron chi connectivity index (χ1n) is 5.42. The van der Waals surface area contributed by atoms with Gasteiger partial charge < -0.3 is 20.1 Å². The summed E-state index contributed by atoms with van der Waals surface area (Å²) in [6.45, 7) is 2.46. The van der Waals surface area contributed by atoms with Crippen molar-refractivity contribution in [3.05, 3.63) is 0 Å². The van der Waals surface area contributed by atoms with E-state index in [0.29, 0.717) is 26.2 Å². The maximum atomic E-state index is 11.8. The van der Waals surface area contributed by atoms with Crippen LogP contribution in [0.5, 0.6) is 0 Å². The first-order chi connectivity index (χ1) is 7.29. The number of rotatable bonds is 5. The maximum Gasteiger partial charge on any atom is 0.223 e. The molecule has 1 rings (SSSR count). The van der Waals surface area contributed by atoms with E-state index in [1.165, 1.54) is 0 Å². The summed E-state index contributed by atoms with van der Waals surface area (Å²) in [5, 5.41) is 12.1. The first-order valence-corrected chi connectivity index (χ1v) is 5.42. The van der Waals surface area contributed by atoms with Crippen molar-refractivity contribution in [1.82, 2.24) is 10.2 Å². The molecule has 0 spiro atoms. The molecule has 1 unspecified atom stereocenters. The van der Waals surface area contributed by atoms with E-state index in [1.807, 2.05) is 7.05 Å². The van der Waals surface area contributed by atoms with Crippen LogP contribution in [0.3, 0.4) is 0 Å². The second-order valence-electron chi connectivity index (χ2n) is 3.71. The minimum atomic E-state index is -0.152. The summed E-state index contributed by atoms with van der Waals surface area (Å²) in [5.41, 5.74) is 0. The molecular weight excluding hydrogens is 196 g/mol. The highest BCUT2D eigenvalue weighted by molar-refractivity contribution is 5.76. The van der Waals surface area contributed by atoms with E-state index in [-0.39, 0.29) is 18.6 Å². The quantitative estimate of drug-likeness (QED) is 0.591. The number of carbonyl (C=O) groups excluding carboxylic acids is 1. The van der Waals surface area contributed by atoms with Crippen LogP contribution in [-0.2, 0) is 9.53 Å². The van der Waals surface area contributed by atoms with Gasteiger partial charge in [0.2, 0.25) is 5.91 Å². The van der Waals surface area contributed by atoms with Crippen LogP contribution in [0.15, 0.2) is 0 Å². The van der Waals surface area contributed by atoms with Crippen molar-refractivity contribution in [1.29, 1.82) is 0 Å². The van der Waals surface area contributed by atoms with E-state index in [9.17, 15) is 4.79 Å². The zero-order valence-corrected chi connectivity index (χ0v) is 9.24. The van der Waals surface area contributed by atoms with E-state index in [2.05, 4.69) is 5.32 Å². The molecule has 1 atom stereocenters. The van der Waals surface area contributed by atoms with Gasteiger partial charge in [-0.15, -0.1) is 0 Å². The predicted molar refractivity (Wildman–Crippen MR) is 56.6 cm³/mol. The molecule has 0 bridgehead atoms. The lowest BCUT2D eigenvalue weighted by Gasteiger charge is -2.34. The average molecular weight is 216 g/mol. The van der Waals surface area contributed by atoms with E-state index >= 15 is 0 Å². The van der Waals surface area contributed by atoms with Gasteiger partial charge in [0.25, 0.3) is 0 Å². The molecule has 1 heterocycles. The molecule has 0 saturated carbocycles. The maximum absolute atomic E-state index is 11.8. The Hall–Kier alpha value is -0.650. The number of carbonyl (C=O) groups is 1. The van der Waals surface area contributed by atoms with Crippen LogP contribution < -0.4 is 5.32 Å². The Morgan fingerprint density at radius 2 is 2.47 bits per heavy atom. The van der Waals surface area contributed by atoms with Gasteiger partial charge in [0.15, 0.2) is 0 Å². The molecule has 1 amide bonds. The summed E-state index contributed by atoms with van der Waals surface area (Å²) in [4.78, 5) is 13.5. The van der Waals surface area contributed by atoms with Crippen molar-refractivity contribution in [3.8, 4) is 0 Å². The molecule has 0 aromatic rings. The van der Waals surface area contributed by atoms with Crippen molar-refractivity contribution in [2.45, 2.75) is 18.9 Å². The molecule has 15 heavy (non-hydrogen) atoms. The zero-order valence-electron chi connectivity index (χ0n) is 9.24. The minimum absolute atomic E-state index is 0.0161. The second-order valence-corrected chi connectivity index (χ2v) is 3.71. The van der Waals surface area contributed by atoms with Gasteiger partial charge in [-0.3, -0.25) is 4.79 Å². The van der Waals surface area contributed by atoms with Crippen molar-refractivity contribution in [2.75, 3.05) is 40.0 Å². The Bertz CT molecular complexity index is 199. The Balaban J connectivity index is 2.34. The average Bonchev–Trinajstić information content (AvgIpc) is 2.29. The normalized spacial score (nSPS) is 21.7. The van der Waals surface area contributed by atoms with E-state index in [1.54, 1.807) is 4.90 Å². The van der Waals surface area contributed by atoms with Gasteiger partial charge in [-0.1, -0.05) is 0 Å². The summed E-state index contributed by atoms with van der Waals surface area (Å²) in [7, 11) is 1.87. The van der Waals surface area contributed by atoms with Gasteiger partial charge in [-0.25, -0.2) is 0 Å². The highest BCUT2D eigenvalue weighted by atomic mass is 16.5. The Morgan fingerprint density at radius 3 is 3.13 bits per heavy atom. The van der Waals surface area contributed by atoms with Crippen LogP contribution in [0, 0.1) is 0 Å². The summed E-state index contributed by atoms with van der Waals surface area (Å²) >= 11 is 0. The lowest BCUT2D eigenvalue weighted by molar-refractivity contribution is -0.141. The molecule has 1 aliphatic rings. The highest BCUT2D eigenvalue weighted by Gasteiger charge is 2.25. The zero-order chi connectivity index (χ0) is 11.1. The van der Waals surface area contributed by atoms with E-state index in [4.69, 9.17) is 9.84 Å². The lowest BCUT2D eigenvalue weighted by atomic mass is 10.2. The molecule has 5 heteroatoms. The number of aliphatic hydroxyl groups excluding tert-OH is 1. The van der Waals surface area contributed by atoms with Crippen molar-refractivity contribution in [2.24, 2.45) is 0 Å². The highest BCUT2D eigenvalue weighted by Crippen LogP contribution is 2.09. The van der Waals surface area contributed by atoms with E-state index < -0.39 is 0 Å². The van der Waals surface area contributed by atoms with E-state index in [0.717, 1.165) is 13.0 Å². The fourth-order valence-corrected chi connectivity index (χ4v) is 1.69. The number of ether oxygens (including phenoxy) is 1. The van der Waals surface area contributed by atoms with Crippen LogP contribution in [-0.4, -0.2) is 61.9 Å². The van der Waals surface area contributed by atoms with Gasteiger partial charge in [-0.05, 0) is 20.0 Å². The van der Waals surface area contributed by atoms with Gasteiger partial charge in [0, 0.05) is 13.0 Å². The summed E-state index contributed by atoms with van der Waals surface area (Å²) < 4.78 is 5.21. The molecule has 0 aromatic carbocycles. The number of nitrogens with one attached hydrogen (secondary N) is 1. The minimum Gasteiger partial charge on any atom is -0.394 e. The molecule has 5 nitrogen and oxygen atoms in total. The number of hydrogen-bond donors (Lipinski definition) is 2. The lowest BCUT2D eigenvalue weighted by Crippen LogP contribution is -2.50. The molecule has 88 valence electrons. The van der Waals surface area contributed by atoms with Crippen molar-refractivity contribution < 1.29 is 14.6 Å². The second kappa shape index (κ2) is 6.76. The SMILES string of the molecule is CNCCCC(=O)N1CCOCC1CO. The summed E-state index contributed by atoms with van der Waals surface area (Å²) in [6, 6.07) is -0.152.